The van der Waals surface area contributed by atoms with E-state index in [4.69, 9.17) is 17.3 Å². The number of aromatic nitrogens is 2. The number of anilines is 2. The molecule has 3 heterocycles. The molecule has 1 fully saturated rings. The minimum atomic E-state index is -1.73. The number of halogens is 4. The van der Waals surface area contributed by atoms with Crippen molar-refractivity contribution in [2.45, 2.75) is 6.10 Å². The number of aliphatic hydroxyl groups excluding tert-OH is 1. The second-order valence-corrected chi connectivity index (χ2v) is 7.03. The third kappa shape index (κ3) is 2.94. The fourth-order valence-corrected chi connectivity index (χ4v) is 3.62. The van der Waals surface area contributed by atoms with Crippen molar-refractivity contribution in [3.63, 3.8) is 0 Å². The molecule has 4 rings (SSSR count). The number of benzene rings is 1. The van der Waals surface area contributed by atoms with E-state index < -0.39 is 62.7 Å². The summed E-state index contributed by atoms with van der Waals surface area (Å²) in [6.07, 6.45) is -0.670. The predicted octanol–water partition coefficient (Wildman–Crippen LogP) is 1.92. The average molecular weight is 441 g/mol. The predicted molar refractivity (Wildman–Crippen MR) is 102 cm³/mol. The first-order valence-corrected chi connectivity index (χ1v) is 8.84. The zero-order valence-electron chi connectivity index (χ0n) is 14.9. The number of aromatic carboxylic acids is 1. The summed E-state index contributed by atoms with van der Waals surface area (Å²) in [4.78, 5) is 29.3. The van der Waals surface area contributed by atoms with Gasteiger partial charge in [-0.1, -0.05) is 11.6 Å². The summed E-state index contributed by atoms with van der Waals surface area (Å²) in [6.45, 7) is 0.230. The monoisotopic (exact) mass is 440 g/mol. The number of rotatable bonds is 3. The van der Waals surface area contributed by atoms with Crippen LogP contribution in [0.25, 0.3) is 16.7 Å². The van der Waals surface area contributed by atoms with Crippen molar-refractivity contribution in [3.8, 4) is 5.82 Å². The standard InChI is InChI=1S/C18H12ClF3N4O4/c19-15-13(18(29)30)14(28)7-1-8(20)12(25-4-6(27)5-25)3-11(7)26(15)17-10(22)2-9(21)16(23)24-17/h1-3,6,27H,4-5H2,(H2,23,24)(H,29,30). The summed E-state index contributed by atoms with van der Waals surface area (Å²) >= 11 is 6.12. The molecule has 1 saturated heterocycles. The van der Waals surface area contributed by atoms with Gasteiger partial charge in [-0.05, 0) is 12.1 Å². The molecule has 156 valence electrons. The van der Waals surface area contributed by atoms with Crippen molar-refractivity contribution in [1.82, 2.24) is 9.55 Å². The largest absolute Gasteiger partial charge is 0.477 e. The van der Waals surface area contributed by atoms with Gasteiger partial charge in [-0.2, -0.15) is 0 Å². The number of carboxylic acid groups (broad SMARTS) is 1. The molecule has 30 heavy (non-hydrogen) atoms. The molecule has 3 aromatic rings. The molecule has 1 aliphatic rings. The lowest BCUT2D eigenvalue weighted by atomic mass is 10.1. The number of fused-ring (bicyclic) bond motifs is 1. The van der Waals surface area contributed by atoms with Gasteiger partial charge in [0.1, 0.15) is 16.5 Å². The van der Waals surface area contributed by atoms with Crippen LogP contribution in [0.1, 0.15) is 10.4 Å². The first kappa shape index (κ1) is 20.0. The maximum absolute atomic E-state index is 14.7. The molecular weight excluding hydrogens is 429 g/mol. The van der Waals surface area contributed by atoms with Crippen molar-refractivity contribution in [2.75, 3.05) is 23.7 Å². The lowest BCUT2D eigenvalue weighted by Gasteiger charge is -2.38. The van der Waals surface area contributed by atoms with Crippen molar-refractivity contribution >= 4 is 40.0 Å². The Labute approximate surface area is 170 Å². The van der Waals surface area contributed by atoms with Crippen LogP contribution >= 0.6 is 11.6 Å². The highest BCUT2D eigenvalue weighted by Crippen LogP contribution is 2.33. The number of aliphatic hydroxyl groups is 1. The van der Waals surface area contributed by atoms with Gasteiger partial charge in [0.15, 0.2) is 23.3 Å². The second-order valence-electron chi connectivity index (χ2n) is 6.68. The Hall–Kier alpha value is -3.31. The summed E-state index contributed by atoms with van der Waals surface area (Å²) < 4.78 is 43.5. The number of carbonyl (C=O) groups is 1. The Morgan fingerprint density at radius 2 is 1.83 bits per heavy atom. The minimum absolute atomic E-state index is 0.0319. The zero-order valence-corrected chi connectivity index (χ0v) is 15.6. The van der Waals surface area contributed by atoms with E-state index in [1.165, 1.54) is 4.90 Å². The Morgan fingerprint density at radius 1 is 1.17 bits per heavy atom. The van der Waals surface area contributed by atoms with Crippen molar-refractivity contribution in [1.29, 1.82) is 0 Å². The van der Waals surface area contributed by atoms with Crippen LogP contribution in [0.4, 0.5) is 24.7 Å². The van der Waals surface area contributed by atoms with Crippen LogP contribution in [0.15, 0.2) is 23.0 Å². The lowest BCUT2D eigenvalue weighted by Crippen LogP contribution is -2.51. The van der Waals surface area contributed by atoms with Gasteiger partial charge in [-0.15, -0.1) is 0 Å². The fraction of sp³-hybridized carbons (Fsp3) is 0.167. The van der Waals surface area contributed by atoms with Gasteiger partial charge >= 0.3 is 5.97 Å². The van der Waals surface area contributed by atoms with Gasteiger partial charge in [0, 0.05) is 19.2 Å². The normalized spacial score (nSPS) is 14.2. The molecule has 0 radical (unpaired) electrons. The smallest absolute Gasteiger partial charge is 0.342 e. The minimum Gasteiger partial charge on any atom is -0.477 e. The van der Waals surface area contributed by atoms with Crippen LogP contribution in [0.5, 0.6) is 0 Å². The van der Waals surface area contributed by atoms with Crippen LogP contribution in [0.2, 0.25) is 5.15 Å². The molecule has 12 heteroatoms. The summed E-state index contributed by atoms with van der Waals surface area (Å²) in [5.74, 6) is -6.35. The van der Waals surface area contributed by atoms with E-state index >= 15 is 0 Å². The number of carboxylic acids is 1. The van der Waals surface area contributed by atoms with Crippen molar-refractivity contribution < 1.29 is 28.2 Å². The Kier molecular flexibility index (Phi) is 4.59. The molecule has 0 saturated carbocycles. The molecule has 0 bridgehead atoms. The molecule has 0 unspecified atom stereocenters. The molecule has 0 aliphatic carbocycles. The third-order valence-electron chi connectivity index (χ3n) is 4.75. The molecule has 4 N–H and O–H groups in total. The molecule has 1 aliphatic heterocycles. The number of nitrogen functional groups attached to an aromatic ring is 1. The van der Waals surface area contributed by atoms with E-state index in [1.54, 1.807) is 0 Å². The van der Waals surface area contributed by atoms with Crippen molar-refractivity contribution in [2.24, 2.45) is 0 Å². The van der Waals surface area contributed by atoms with E-state index in [9.17, 15) is 33.0 Å². The number of nitrogens with two attached hydrogens (primary N) is 1. The summed E-state index contributed by atoms with van der Waals surface area (Å²) in [6, 6.07) is 2.37. The molecule has 0 spiro atoms. The van der Waals surface area contributed by atoms with E-state index in [-0.39, 0.29) is 24.3 Å². The zero-order chi connectivity index (χ0) is 21.9. The molecular formula is C18H12ClF3N4O4. The molecule has 0 atom stereocenters. The molecule has 0 amide bonds. The Bertz CT molecular complexity index is 1290. The van der Waals surface area contributed by atoms with Gasteiger partial charge in [0.05, 0.1) is 22.7 Å². The number of nitrogens with zero attached hydrogens (tertiary/aromatic N) is 3. The maximum atomic E-state index is 14.7. The Morgan fingerprint density at radius 3 is 2.43 bits per heavy atom. The highest BCUT2D eigenvalue weighted by Gasteiger charge is 2.30. The van der Waals surface area contributed by atoms with Crippen molar-refractivity contribution in [3.05, 3.63) is 56.6 Å². The average Bonchev–Trinajstić information content (AvgIpc) is 2.63. The molecule has 8 nitrogen and oxygen atoms in total. The first-order chi connectivity index (χ1) is 14.1. The lowest BCUT2D eigenvalue weighted by molar-refractivity contribution is 0.0695. The van der Waals surface area contributed by atoms with Crippen LogP contribution in [0, 0.1) is 17.5 Å². The number of hydrogen-bond acceptors (Lipinski definition) is 6. The highest BCUT2D eigenvalue weighted by atomic mass is 35.5. The van der Waals surface area contributed by atoms with Gasteiger partial charge in [0.25, 0.3) is 0 Å². The van der Waals surface area contributed by atoms with Crippen LogP contribution in [-0.2, 0) is 0 Å². The number of β-amino-alcohol motifs (C(OH)–C–C–N with tert-alkyl or cyclic N) is 1. The summed E-state index contributed by atoms with van der Waals surface area (Å²) in [7, 11) is 0. The van der Waals surface area contributed by atoms with Gasteiger partial charge in [0.2, 0.25) is 5.43 Å². The molecule has 1 aromatic carbocycles. The van der Waals surface area contributed by atoms with E-state index in [1.807, 2.05) is 0 Å². The van der Waals surface area contributed by atoms with Crippen LogP contribution in [-0.4, -0.2) is 44.9 Å². The van der Waals surface area contributed by atoms with Crippen LogP contribution in [0.3, 0.4) is 0 Å². The molecule has 2 aromatic heterocycles. The van der Waals surface area contributed by atoms with E-state index in [0.717, 1.165) is 16.7 Å². The maximum Gasteiger partial charge on any atom is 0.342 e. The third-order valence-corrected chi connectivity index (χ3v) is 5.11. The number of hydrogen-bond donors (Lipinski definition) is 3. The topological polar surface area (TPSA) is 122 Å². The Balaban J connectivity index is 2.14. The van der Waals surface area contributed by atoms with Gasteiger partial charge in [-0.3, -0.25) is 9.36 Å². The summed E-state index contributed by atoms with van der Waals surface area (Å²) in [5, 5.41) is 17.8. The number of pyridine rings is 2. The van der Waals surface area contributed by atoms with Gasteiger partial charge < -0.3 is 20.8 Å². The quantitative estimate of drug-likeness (QED) is 0.532. The first-order valence-electron chi connectivity index (χ1n) is 8.46. The SMILES string of the molecule is Nc1nc(-n2c(Cl)c(C(=O)O)c(=O)c3cc(F)c(N4CC(O)C4)cc32)c(F)cc1F. The highest BCUT2D eigenvalue weighted by molar-refractivity contribution is 6.33. The van der Waals surface area contributed by atoms with Crippen LogP contribution < -0.4 is 16.1 Å². The fourth-order valence-electron chi connectivity index (χ4n) is 3.28. The summed E-state index contributed by atoms with van der Waals surface area (Å²) in [5.41, 5.74) is 3.17. The van der Waals surface area contributed by atoms with E-state index in [2.05, 4.69) is 4.98 Å². The van der Waals surface area contributed by atoms with Gasteiger partial charge in [-0.25, -0.2) is 22.9 Å². The van der Waals surface area contributed by atoms with E-state index in [0.29, 0.717) is 6.07 Å². The second kappa shape index (κ2) is 6.89.